The summed E-state index contributed by atoms with van der Waals surface area (Å²) in [7, 11) is 0. The third-order valence-corrected chi connectivity index (χ3v) is 8.41. The van der Waals surface area contributed by atoms with Crippen molar-refractivity contribution in [3.63, 3.8) is 0 Å². The SMILES string of the molecule is Cc1c(-c2cc3oc4cc(-c5c(C)c6c(ccc7ccccc76)oc5=O)oc4c3o2)c(=O)oc2ccc3ccccc3c12. The van der Waals surface area contributed by atoms with E-state index in [9.17, 15) is 9.59 Å². The molecule has 0 fully saturated rings. The smallest absolute Gasteiger partial charge is 0.347 e. The van der Waals surface area contributed by atoms with Crippen molar-refractivity contribution < 1.29 is 22.1 Å². The number of hydrogen-bond donors (Lipinski definition) is 0. The fourth-order valence-corrected chi connectivity index (χ4v) is 6.46. The van der Waals surface area contributed by atoms with Gasteiger partial charge in [0.1, 0.15) is 33.8 Å². The molecule has 0 saturated heterocycles. The predicted molar refractivity (Wildman–Crippen MR) is 166 cm³/mol. The topological polar surface area (TPSA) is 99.8 Å². The molecule has 43 heavy (non-hydrogen) atoms. The van der Waals surface area contributed by atoms with Crippen LogP contribution in [0.4, 0.5) is 0 Å². The van der Waals surface area contributed by atoms with Crippen molar-refractivity contribution in [3.8, 4) is 22.6 Å². The Balaban J connectivity index is 1.24. The minimum absolute atomic E-state index is 0.308. The van der Waals surface area contributed by atoms with Gasteiger partial charge in [-0.05, 0) is 58.7 Å². The Bertz CT molecular complexity index is 2560. The Morgan fingerprint density at radius 3 is 1.37 bits per heavy atom. The molecule has 206 valence electrons. The van der Waals surface area contributed by atoms with Crippen molar-refractivity contribution in [2.24, 2.45) is 0 Å². The zero-order valence-electron chi connectivity index (χ0n) is 22.9. The zero-order chi connectivity index (χ0) is 29.0. The highest BCUT2D eigenvalue weighted by atomic mass is 16.4. The first kappa shape index (κ1) is 23.8. The highest BCUT2D eigenvalue weighted by Gasteiger charge is 2.25. The molecule has 0 N–H and O–H groups in total. The maximum atomic E-state index is 13.2. The van der Waals surface area contributed by atoms with E-state index in [4.69, 9.17) is 22.1 Å². The summed E-state index contributed by atoms with van der Waals surface area (Å²) in [5.41, 5.74) is 3.62. The van der Waals surface area contributed by atoms with Crippen molar-refractivity contribution in [1.82, 2.24) is 0 Å². The van der Waals surface area contributed by atoms with Gasteiger partial charge in [0.2, 0.25) is 11.2 Å². The van der Waals surface area contributed by atoms with E-state index in [1.807, 2.05) is 86.6 Å². The summed E-state index contributed by atoms with van der Waals surface area (Å²) in [5.74, 6) is 0.616. The lowest BCUT2D eigenvalue weighted by Crippen LogP contribution is -2.05. The van der Waals surface area contributed by atoms with Crippen LogP contribution < -0.4 is 11.3 Å². The van der Waals surface area contributed by atoms with Crippen LogP contribution in [0.3, 0.4) is 0 Å². The van der Waals surface area contributed by atoms with E-state index in [-0.39, 0.29) is 0 Å². The molecule has 0 aliphatic heterocycles. The summed E-state index contributed by atoms with van der Waals surface area (Å²) in [4.78, 5) is 26.4. The minimum atomic E-state index is -0.510. The van der Waals surface area contributed by atoms with Gasteiger partial charge in [0.25, 0.3) is 0 Å². The van der Waals surface area contributed by atoms with Crippen molar-refractivity contribution in [2.75, 3.05) is 0 Å². The first-order chi connectivity index (χ1) is 21.0. The Morgan fingerprint density at radius 1 is 0.465 bits per heavy atom. The quantitative estimate of drug-likeness (QED) is 0.152. The van der Waals surface area contributed by atoms with Gasteiger partial charge in [0.15, 0.2) is 11.2 Å². The van der Waals surface area contributed by atoms with Crippen LogP contribution in [0.15, 0.2) is 117 Å². The average molecular weight is 565 g/mol. The van der Waals surface area contributed by atoms with Gasteiger partial charge in [-0.1, -0.05) is 60.7 Å². The zero-order valence-corrected chi connectivity index (χ0v) is 22.9. The number of hydrogen-bond acceptors (Lipinski definition) is 7. The number of furan rings is 3. The van der Waals surface area contributed by atoms with Crippen LogP contribution in [0.1, 0.15) is 11.1 Å². The highest BCUT2D eigenvalue weighted by molar-refractivity contribution is 6.10. The van der Waals surface area contributed by atoms with E-state index >= 15 is 0 Å². The van der Waals surface area contributed by atoms with Gasteiger partial charge in [-0.2, -0.15) is 0 Å². The molecule has 7 nitrogen and oxygen atoms in total. The molecule has 7 heteroatoms. The Kier molecular flexibility index (Phi) is 4.64. The van der Waals surface area contributed by atoms with E-state index in [0.29, 0.717) is 56.1 Å². The van der Waals surface area contributed by atoms with E-state index in [2.05, 4.69) is 0 Å². The Labute approximate surface area is 241 Å². The standard InChI is InChI=1S/C36H20O7/c1-17-29-21-9-5-3-7-19(21)11-13-23(29)42-35(37)31(17)25-15-27-33(40-25)34-28(39-27)16-26(41-34)32-18(2)30-22-10-6-4-8-20(22)12-14-24(30)43-36(32)38/h3-16H,1-2H3. The van der Waals surface area contributed by atoms with E-state index in [1.165, 1.54) is 0 Å². The maximum absolute atomic E-state index is 13.2. The second-order valence-corrected chi connectivity index (χ2v) is 10.8. The van der Waals surface area contributed by atoms with Crippen LogP contribution in [0, 0.1) is 13.8 Å². The molecule has 0 saturated carbocycles. The molecule has 9 rings (SSSR count). The highest BCUT2D eigenvalue weighted by Crippen LogP contribution is 2.41. The molecule has 5 aromatic heterocycles. The fraction of sp³-hybridized carbons (Fsp3) is 0.0556. The third kappa shape index (κ3) is 3.24. The molecule has 9 aromatic rings. The van der Waals surface area contributed by atoms with Gasteiger partial charge in [-0.15, -0.1) is 0 Å². The van der Waals surface area contributed by atoms with E-state index in [0.717, 1.165) is 43.4 Å². The molecular formula is C36H20O7. The molecule has 0 bridgehead atoms. The minimum Gasteiger partial charge on any atom is -0.449 e. The molecular weight excluding hydrogens is 544 g/mol. The summed E-state index contributed by atoms with van der Waals surface area (Å²) in [5, 5.41) is 5.73. The molecule has 0 radical (unpaired) electrons. The van der Waals surface area contributed by atoms with Crippen LogP contribution in [-0.2, 0) is 0 Å². The first-order valence-electron chi connectivity index (χ1n) is 13.8. The molecule has 0 amide bonds. The normalized spacial score (nSPS) is 12.1. The molecule has 0 atom stereocenters. The van der Waals surface area contributed by atoms with Crippen LogP contribution in [-0.4, -0.2) is 0 Å². The second kappa shape index (κ2) is 8.36. The summed E-state index contributed by atoms with van der Waals surface area (Å²) in [6.45, 7) is 3.77. The predicted octanol–water partition coefficient (Wildman–Crippen LogP) is 9.24. The second-order valence-electron chi connectivity index (χ2n) is 10.8. The monoisotopic (exact) mass is 564 g/mol. The van der Waals surface area contributed by atoms with E-state index in [1.54, 1.807) is 12.1 Å². The largest absolute Gasteiger partial charge is 0.449 e. The van der Waals surface area contributed by atoms with Gasteiger partial charge in [-0.25, -0.2) is 9.59 Å². The number of rotatable bonds is 2. The van der Waals surface area contributed by atoms with Crippen LogP contribution in [0.25, 0.3) is 88.5 Å². The van der Waals surface area contributed by atoms with Gasteiger partial charge >= 0.3 is 11.3 Å². The molecule has 0 unspecified atom stereocenters. The van der Waals surface area contributed by atoms with Gasteiger partial charge in [0, 0.05) is 22.9 Å². The summed E-state index contributed by atoms with van der Waals surface area (Å²) in [6, 6.07) is 26.7. The molecule has 0 aliphatic carbocycles. The van der Waals surface area contributed by atoms with Crippen LogP contribution in [0.5, 0.6) is 0 Å². The Morgan fingerprint density at radius 2 is 0.907 bits per heavy atom. The van der Waals surface area contributed by atoms with Gasteiger partial charge in [-0.3, -0.25) is 0 Å². The number of aryl methyl sites for hydroxylation is 2. The van der Waals surface area contributed by atoms with Crippen molar-refractivity contribution in [1.29, 1.82) is 0 Å². The van der Waals surface area contributed by atoms with E-state index < -0.39 is 11.3 Å². The lowest BCUT2D eigenvalue weighted by molar-refractivity contribution is 0.550. The summed E-state index contributed by atoms with van der Waals surface area (Å²) in [6.07, 6.45) is 0. The summed E-state index contributed by atoms with van der Waals surface area (Å²) < 4.78 is 30.0. The first-order valence-corrected chi connectivity index (χ1v) is 13.8. The summed E-state index contributed by atoms with van der Waals surface area (Å²) >= 11 is 0. The number of fused-ring (bicyclic) bond motifs is 9. The van der Waals surface area contributed by atoms with Crippen LogP contribution >= 0.6 is 0 Å². The number of benzene rings is 4. The average Bonchev–Trinajstić information content (AvgIpc) is 3.67. The molecule has 4 aromatic carbocycles. The van der Waals surface area contributed by atoms with Crippen molar-refractivity contribution >= 4 is 65.8 Å². The van der Waals surface area contributed by atoms with Crippen molar-refractivity contribution in [2.45, 2.75) is 13.8 Å². The van der Waals surface area contributed by atoms with Crippen molar-refractivity contribution in [3.05, 3.63) is 117 Å². The Hall–Kier alpha value is -5.82. The van der Waals surface area contributed by atoms with Gasteiger partial charge in [0.05, 0.1) is 0 Å². The lowest BCUT2D eigenvalue weighted by atomic mass is 9.99. The third-order valence-electron chi connectivity index (χ3n) is 8.41. The molecule has 5 heterocycles. The molecule has 0 spiro atoms. The lowest BCUT2D eigenvalue weighted by Gasteiger charge is -2.09. The molecule has 0 aliphatic rings. The van der Waals surface area contributed by atoms with Gasteiger partial charge < -0.3 is 22.1 Å². The fourth-order valence-electron chi connectivity index (χ4n) is 6.46. The van der Waals surface area contributed by atoms with Crippen LogP contribution in [0.2, 0.25) is 0 Å². The maximum Gasteiger partial charge on any atom is 0.347 e.